The average molecular weight is 201 g/mol. The summed E-state index contributed by atoms with van der Waals surface area (Å²) in [5.41, 5.74) is 1.77. The Hall–Kier alpha value is -1.49. The first-order valence-electron chi connectivity index (χ1n) is 3.52. The molecule has 0 unspecified atom stereocenters. The van der Waals surface area contributed by atoms with E-state index < -0.39 is 7.32 Å². The SMILES string of the molecule is Cc1ccc([N+]#N)cc1.F.OB(O)O. The van der Waals surface area contributed by atoms with E-state index in [-0.39, 0.29) is 4.70 Å². The molecule has 0 heterocycles. The maximum Gasteiger partial charge on any atom is 0.631 e. The molecular weight excluding hydrogens is 190 g/mol. The molecule has 14 heavy (non-hydrogen) atoms. The van der Waals surface area contributed by atoms with Gasteiger partial charge in [0.25, 0.3) is 0 Å². The standard InChI is InChI=1S/C7H7N2.BH3O3.FH/c1-6-2-4-7(9-8)5-3-6;2-1(3)4;/h2-5H,1H3;2-4H;1H/q+1;;. The molecule has 0 aliphatic rings. The molecule has 3 N–H and O–H groups in total. The number of rotatable bonds is 0. The number of diazo groups is 1. The molecule has 0 saturated carbocycles. The topological polar surface area (TPSA) is 88.8 Å². The molecule has 0 aliphatic carbocycles. The van der Waals surface area contributed by atoms with Crippen molar-refractivity contribution in [3.63, 3.8) is 0 Å². The minimum atomic E-state index is -2.17. The van der Waals surface area contributed by atoms with Gasteiger partial charge in [0.05, 0.1) is 0 Å². The summed E-state index contributed by atoms with van der Waals surface area (Å²) in [7, 11) is -2.17. The summed E-state index contributed by atoms with van der Waals surface area (Å²) in [6.45, 7) is 1.99. The van der Waals surface area contributed by atoms with E-state index >= 15 is 0 Å². The van der Waals surface area contributed by atoms with Gasteiger partial charge in [0.2, 0.25) is 5.39 Å². The molecule has 0 aromatic heterocycles. The van der Waals surface area contributed by atoms with Gasteiger partial charge in [-0.3, -0.25) is 4.70 Å². The van der Waals surface area contributed by atoms with Crippen LogP contribution in [0.25, 0.3) is 4.98 Å². The Morgan fingerprint density at radius 2 is 1.50 bits per heavy atom. The average Bonchev–Trinajstić information content (AvgIpc) is 2.05. The lowest BCUT2D eigenvalue weighted by atomic mass is 10.2. The summed E-state index contributed by atoms with van der Waals surface area (Å²) in [5, 5.41) is 29.8. The highest BCUT2D eigenvalue weighted by Crippen LogP contribution is 2.10. The van der Waals surface area contributed by atoms with E-state index in [0.717, 1.165) is 0 Å². The summed E-state index contributed by atoms with van der Waals surface area (Å²) < 4.78 is 0. The van der Waals surface area contributed by atoms with Crippen LogP contribution in [0, 0.1) is 12.3 Å². The van der Waals surface area contributed by atoms with Gasteiger partial charge < -0.3 is 15.1 Å². The first-order chi connectivity index (χ1) is 6.06. The Labute approximate surface area is 80.8 Å². The van der Waals surface area contributed by atoms with Crippen molar-refractivity contribution in [3.8, 4) is 0 Å². The summed E-state index contributed by atoms with van der Waals surface area (Å²) in [6, 6.07) is 7.31. The van der Waals surface area contributed by atoms with Gasteiger partial charge in [0, 0.05) is 12.1 Å². The molecule has 0 amide bonds. The fraction of sp³-hybridized carbons (Fsp3) is 0.143. The van der Waals surface area contributed by atoms with E-state index in [4.69, 9.17) is 20.5 Å². The highest BCUT2D eigenvalue weighted by Gasteiger charge is 1.98. The molecule has 0 atom stereocenters. The Kier molecular flexibility index (Phi) is 8.71. The van der Waals surface area contributed by atoms with E-state index in [0.29, 0.717) is 5.69 Å². The van der Waals surface area contributed by atoms with E-state index in [1.807, 2.05) is 19.1 Å². The van der Waals surface area contributed by atoms with Crippen LogP contribution in [0.1, 0.15) is 5.56 Å². The first kappa shape index (κ1) is 15.0. The third-order valence-electron chi connectivity index (χ3n) is 1.15. The van der Waals surface area contributed by atoms with Crippen molar-refractivity contribution in [2.45, 2.75) is 6.92 Å². The fourth-order valence-corrected chi connectivity index (χ4v) is 0.611. The molecule has 0 spiro atoms. The van der Waals surface area contributed by atoms with Crippen LogP contribution in [0.2, 0.25) is 0 Å². The summed E-state index contributed by atoms with van der Waals surface area (Å²) in [6.07, 6.45) is 0. The maximum atomic E-state index is 8.25. The Morgan fingerprint density at radius 3 is 1.79 bits per heavy atom. The Balaban J connectivity index is 0. The van der Waals surface area contributed by atoms with Crippen molar-refractivity contribution in [2.24, 2.45) is 0 Å². The van der Waals surface area contributed by atoms with Crippen molar-refractivity contribution in [1.82, 2.24) is 0 Å². The largest absolute Gasteiger partial charge is 0.631 e. The van der Waals surface area contributed by atoms with Gasteiger partial charge in [0.15, 0.2) is 4.98 Å². The van der Waals surface area contributed by atoms with Crippen LogP contribution < -0.4 is 0 Å². The zero-order chi connectivity index (χ0) is 10.3. The predicted molar refractivity (Wildman–Crippen MR) is 50.8 cm³/mol. The summed E-state index contributed by atoms with van der Waals surface area (Å²) in [5.74, 6) is 0. The molecule has 0 bridgehead atoms. The van der Waals surface area contributed by atoms with Gasteiger partial charge >= 0.3 is 13.0 Å². The van der Waals surface area contributed by atoms with Crippen molar-refractivity contribution in [3.05, 3.63) is 34.8 Å². The van der Waals surface area contributed by atoms with Gasteiger partial charge in [-0.15, -0.1) is 0 Å². The van der Waals surface area contributed by atoms with Crippen LogP contribution >= 0.6 is 0 Å². The van der Waals surface area contributed by atoms with Gasteiger partial charge in [0.1, 0.15) is 0 Å². The molecule has 1 aromatic rings. The second kappa shape index (κ2) is 8.13. The number of nitrogens with zero attached hydrogens (tertiary/aromatic N) is 2. The number of benzene rings is 1. The second-order valence-electron chi connectivity index (χ2n) is 2.28. The Bertz CT molecular complexity index is 283. The Morgan fingerprint density at radius 1 is 1.14 bits per heavy atom. The van der Waals surface area contributed by atoms with Crippen molar-refractivity contribution < 1.29 is 19.8 Å². The summed E-state index contributed by atoms with van der Waals surface area (Å²) in [4.78, 5) is 3.01. The highest BCUT2D eigenvalue weighted by atomic mass is 19.0. The van der Waals surface area contributed by atoms with Gasteiger partial charge in [-0.05, 0) is 6.92 Å². The van der Waals surface area contributed by atoms with E-state index in [1.54, 1.807) is 12.1 Å². The number of halogens is 1. The minimum Gasteiger partial charge on any atom is -0.402 e. The van der Waals surface area contributed by atoms with Crippen LogP contribution in [0.15, 0.2) is 24.3 Å². The quantitative estimate of drug-likeness (QED) is 0.423. The molecular formula is C7H11BFN2O3+. The molecule has 1 rings (SSSR count). The van der Waals surface area contributed by atoms with Crippen LogP contribution in [0.4, 0.5) is 10.4 Å². The first-order valence-corrected chi connectivity index (χ1v) is 3.52. The lowest BCUT2D eigenvalue weighted by Crippen LogP contribution is -2.07. The molecule has 0 saturated heterocycles. The van der Waals surface area contributed by atoms with Crippen LogP contribution in [-0.2, 0) is 0 Å². The van der Waals surface area contributed by atoms with Crippen molar-refractivity contribution in [1.29, 1.82) is 5.39 Å². The molecule has 5 nitrogen and oxygen atoms in total. The number of aryl methyl sites for hydroxylation is 1. The monoisotopic (exact) mass is 201 g/mol. The smallest absolute Gasteiger partial charge is 0.402 e. The van der Waals surface area contributed by atoms with Crippen molar-refractivity contribution in [2.75, 3.05) is 0 Å². The third kappa shape index (κ3) is 8.61. The van der Waals surface area contributed by atoms with E-state index in [9.17, 15) is 0 Å². The fourth-order valence-electron chi connectivity index (χ4n) is 0.611. The van der Waals surface area contributed by atoms with E-state index in [1.165, 1.54) is 5.56 Å². The van der Waals surface area contributed by atoms with Crippen LogP contribution in [0.3, 0.4) is 0 Å². The second-order valence-corrected chi connectivity index (χ2v) is 2.28. The lowest BCUT2D eigenvalue weighted by molar-refractivity contribution is 0.278. The molecule has 0 radical (unpaired) electrons. The normalized spacial score (nSPS) is 7.36. The maximum absolute atomic E-state index is 8.25. The highest BCUT2D eigenvalue weighted by molar-refractivity contribution is 6.30. The summed E-state index contributed by atoms with van der Waals surface area (Å²) >= 11 is 0. The van der Waals surface area contributed by atoms with Gasteiger partial charge in [-0.25, -0.2) is 0 Å². The lowest BCUT2D eigenvalue weighted by Gasteiger charge is -1.81. The minimum absolute atomic E-state index is 0. The van der Waals surface area contributed by atoms with Gasteiger partial charge in [-0.1, -0.05) is 17.7 Å². The van der Waals surface area contributed by atoms with Crippen LogP contribution in [-0.4, -0.2) is 22.4 Å². The third-order valence-corrected chi connectivity index (χ3v) is 1.15. The van der Waals surface area contributed by atoms with Crippen LogP contribution in [0.5, 0.6) is 0 Å². The molecule has 0 fully saturated rings. The number of hydrogen-bond donors (Lipinski definition) is 3. The van der Waals surface area contributed by atoms with Gasteiger partial charge in [-0.2, -0.15) is 0 Å². The molecule has 1 aromatic carbocycles. The number of hydrogen-bond acceptors (Lipinski definition) is 4. The van der Waals surface area contributed by atoms with Crippen molar-refractivity contribution >= 4 is 13.0 Å². The van der Waals surface area contributed by atoms with E-state index in [2.05, 4.69) is 4.98 Å². The predicted octanol–water partition coefficient (Wildman–Crippen LogP) is 0.580. The molecule has 76 valence electrons. The molecule has 0 aliphatic heterocycles. The zero-order valence-electron chi connectivity index (χ0n) is 7.53. The molecule has 7 heteroatoms. The zero-order valence-corrected chi connectivity index (χ0v) is 7.53.